The summed E-state index contributed by atoms with van der Waals surface area (Å²) in [5.41, 5.74) is 7.19. The maximum absolute atomic E-state index is 13.2. The van der Waals surface area contributed by atoms with E-state index in [0.717, 1.165) is 25.1 Å². The molecule has 0 bridgehead atoms. The highest BCUT2D eigenvalue weighted by molar-refractivity contribution is 6.11. The van der Waals surface area contributed by atoms with Gasteiger partial charge in [-0.05, 0) is 50.8 Å². The molecule has 174 valence electrons. The van der Waals surface area contributed by atoms with Crippen LogP contribution in [0.3, 0.4) is 0 Å². The molecule has 1 aromatic carbocycles. The number of carbonyl (C=O) groups excluding carboxylic acids is 1. The number of allylic oxidation sites excluding steroid dienone is 1. The predicted octanol–water partition coefficient (Wildman–Crippen LogP) is 4.51. The van der Waals surface area contributed by atoms with E-state index in [1.807, 2.05) is 6.92 Å². The van der Waals surface area contributed by atoms with E-state index in [4.69, 9.17) is 10.5 Å². The second kappa shape index (κ2) is 8.84. The van der Waals surface area contributed by atoms with Crippen LogP contribution >= 0.6 is 0 Å². The molecule has 1 aliphatic carbocycles. The number of aliphatic imine (C=N–C) groups is 1. The first kappa shape index (κ1) is 22.8. The van der Waals surface area contributed by atoms with Crippen LogP contribution in [0, 0.1) is 0 Å². The number of amides is 1. The van der Waals surface area contributed by atoms with Crippen molar-refractivity contribution in [2.75, 3.05) is 4.90 Å². The van der Waals surface area contributed by atoms with Gasteiger partial charge < -0.3 is 15.4 Å². The maximum Gasteiger partial charge on any atom is 0.433 e. The summed E-state index contributed by atoms with van der Waals surface area (Å²) in [6, 6.07) is 4.09. The van der Waals surface area contributed by atoms with Gasteiger partial charge in [-0.1, -0.05) is 0 Å². The average Bonchev–Trinajstić information content (AvgIpc) is 3.59. The largest absolute Gasteiger partial charge is 0.433 e. The number of fused-ring (bicyclic) bond motifs is 1. The smallest absolute Gasteiger partial charge is 0.423 e. The number of hydrogen-bond donors (Lipinski definition) is 1. The van der Waals surface area contributed by atoms with Crippen LogP contribution in [0.1, 0.15) is 49.9 Å². The summed E-state index contributed by atoms with van der Waals surface area (Å²) in [7, 11) is 0. The maximum atomic E-state index is 13.2. The zero-order valence-electron chi connectivity index (χ0n) is 18.3. The Balaban J connectivity index is 1.84. The van der Waals surface area contributed by atoms with Crippen molar-refractivity contribution in [2.45, 2.75) is 57.8 Å². The summed E-state index contributed by atoms with van der Waals surface area (Å²) in [5, 5.41) is 0. The molecule has 2 aromatic rings. The minimum atomic E-state index is -4.64. The number of nitrogens with two attached hydrogens (primary N) is 1. The molecule has 1 fully saturated rings. The van der Waals surface area contributed by atoms with Crippen LogP contribution in [0.4, 0.5) is 18.9 Å². The summed E-state index contributed by atoms with van der Waals surface area (Å²) in [4.78, 5) is 25.9. The standard InChI is InChI=1S/C23H24F3N5O2/c1-13-3-6-18-19(31(13)14(2)32)8-7-17(15(11-27)12-29-16-4-5-16)21(18)33-22-28-10-9-20(30-22)23(24,25)26/h7-13,16H,3-6,27H2,1-2H3/t13-/m0/s1. The Morgan fingerprint density at radius 2 is 2.03 bits per heavy atom. The molecule has 4 rings (SSSR count). The number of benzene rings is 1. The Morgan fingerprint density at radius 3 is 2.67 bits per heavy atom. The van der Waals surface area contributed by atoms with Crippen LogP contribution in [-0.4, -0.2) is 34.2 Å². The van der Waals surface area contributed by atoms with Gasteiger partial charge in [0.15, 0.2) is 5.69 Å². The summed E-state index contributed by atoms with van der Waals surface area (Å²) in [6.45, 7) is 3.42. The molecule has 2 N–H and O–H groups in total. The average molecular weight is 459 g/mol. The van der Waals surface area contributed by atoms with Gasteiger partial charge in [0.05, 0.1) is 11.7 Å². The number of ether oxygens (including phenoxy) is 1. The highest BCUT2D eigenvalue weighted by Crippen LogP contribution is 2.43. The molecular formula is C23H24F3N5O2. The molecule has 1 aromatic heterocycles. The van der Waals surface area contributed by atoms with Crippen molar-refractivity contribution in [2.24, 2.45) is 10.7 Å². The van der Waals surface area contributed by atoms with E-state index >= 15 is 0 Å². The SMILES string of the molecule is CC(=O)N1c2ccc(C(C=NC3CC3)=CN)c(Oc3nccc(C(F)(F)F)n3)c2CC[C@@H]1C. The molecule has 0 saturated heterocycles. The number of hydrogen-bond acceptors (Lipinski definition) is 6. The van der Waals surface area contributed by atoms with Gasteiger partial charge in [0.1, 0.15) is 5.75 Å². The Kier molecular flexibility index (Phi) is 6.09. The zero-order chi connectivity index (χ0) is 23.8. The van der Waals surface area contributed by atoms with Crippen molar-refractivity contribution in [3.63, 3.8) is 0 Å². The lowest BCUT2D eigenvalue weighted by Gasteiger charge is -2.35. The third-order valence-electron chi connectivity index (χ3n) is 5.67. The Labute approximate surface area is 189 Å². The van der Waals surface area contributed by atoms with Gasteiger partial charge in [-0.25, -0.2) is 4.98 Å². The van der Waals surface area contributed by atoms with Crippen LogP contribution < -0.4 is 15.4 Å². The van der Waals surface area contributed by atoms with E-state index in [0.29, 0.717) is 35.2 Å². The van der Waals surface area contributed by atoms with E-state index in [1.165, 1.54) is 13.1 Å². The van der Waals surface area contributed by atoms with Crippen molar-refractivity contribution in [1.29, 1.82) is 0 Å². The first-order valence-electron chi connectivity index (χ1n) is 10.7. The molecule has 10 heteroatoms. The molecule has 0 radical (unpaired) electrons. The topological polar surface area (TPSA) is 93.7 Å². The monoisotopic (exact) mass is 459 g/mol. The molecule has 1 amide bonds. The third-order valence-corrected chi connectivity index (χ3v) is 5.67. The van der Waals surface area contributed by atoms with Crippen LogP contribution in [0.2, 0.25) is 0 Å². The van der Waals surface area contributed by atoms with Crippen molar-refractivity contribution < 1.29 is 22.7 Å². The van der Waals surface area contributed by atoms with Crippen LogP contribution in [0.15, 0.2) is 35.6 Å². The molecule has 1 aliphatic heterocycles. The quantitative estimate of drug-likeness (QED) is 0.664. The fourth-order valence-electron chi connectivity index (χ4n) is 3.88. The number of rotatable bonds is 5. The van der Waals surface area contributed by atoms with Crippen LogP contribution in [-0.2, 0) is 17.4 Å². The first-order valence-corrected chi connectivity index (χ1v) is 10.7. The molecule has 1 saturated carbocycles. The lowest BCUT2D eigenvalue weighted by atomic mass is 9.92. The van der Waals surface area contributed by atoms with Crippen LogP contribution in [0.25, 0.3) is 5.57 Å². The van der Waals surface area contributed by atoms with Crippen molar-refractivity contribution in [3.05, 3.63) is 47.4 Å². The van der Waals surface area contributed by atoms with Crippen LogP contribution in [0.5, 0.6) is 11.8 Å². The van der Waals surface area contributed by atoms with Crippen molar-refractivity contribution >= 4 is 23.4 Å². The lowest BCUT2D eigenvalue weighted by Crippen LogP contribution is -2.40. The minimum Gasteiger partial charge on any atom is -0.423 e. The summed E-state index contributed by atoms with van der Waals surface area (Å²) in [5.74, 6) is 0.131. The molecule has 0 spiro atoms. The van der Waals surface area contributed by atoms with Gasteiger partial charge >= 0.3 is 12.2 Å². The summed E-state index contributed by atoms with van der Waals surface area (Å²) < 4.78 is 45.4. The number of anilines is 1. The van der Waals surface area contributed by atoms with Gasteiger partial charge in [-0.2, -0.15) is 18.2 Å². The highest BCUT2D eigenvalue weighted by atomic mass is 19.4. The molecule has 7 nitrogen and oxygen atoms in total. The fraction of sp³-hybridized carbons (Fsp3) is 0.391. The van der Waals surface area contributed by atoms with E-state index in [1.54, 1.807) is 23.2 Å². The summed E-state index contributed by atoms with van der Waals surface area (Å²) >= 11 is 0. The van der Waals surface area contributed by atoms with Gasteiger partial charge in [-0.15, -0.1) is 0 Å². The van der Waals surface area contributed by atoms with E-state index in [2.05, 4.69) is 15.0 Å². The van der Waals surface area contributed by atoms with Gasteiger partial charge in [0.2, 0.25) is 5.91 Å². The first-order chi connectivity index (χ1) is 15.7. The minimum absolute atomic E-state index is 0.0283. The molecule has 1 atom stereocenters. The zero-order valence-corrected chi connectivity index (χ0v) is 18.3. The van der Waals surface area contributed by atoms with Gasteiger partial charge in [0.25, 0.3) is 0 Å². The Hall–Kier alpha value is -3.43. The van der Waals surface area contributed by atoms with E-state index < -0.39 is 17.9 Å². The lowest BCUT2D eigenvalue weighted by molar-refractivity contribution is -0.141. The van der Waals surface area contributed by atoms with E-state index in [-0.39, 0.29) is 23.7 Å². The fourth-order valence-corrected chi connectivity index (χ4v) is 3.88. The molecule has 2 aliphatic rings. The highest BCUT2D eigenvalue weighted by Gasteiger charge is 2.34. The number of nitrogens with zero attached hydrogens (tertiary/aromatic N) is 4. The van der Waals surface area contributed by atoms with Gasteiger partial charge in [0, 0.05) is 48.3 Å². The number of carbonyl (C=O) groups is 1. The Morgan fingerprint density at radius 1 is 1.27 bits per heavy atom. The number of halogens is 3. The second-order valence-electron chi connectivity index (χ2n) is 8.17. The van der Waals surface area contributed by atoms with Crippen molar-refractivity contribution in [1.82, 2.24) is 9.97 Å². The second-order valence-corrected chi connectivity index (χ2v) is 8.17. The normalized spacial score (nSPS) is 19.0. The summed E-state index contributed by atoms with van der Waals surface area (Å²) in [6.07, 6.45) is 2.61. The number of aromatic nitrogens is 2. The number of alkyl halides is 3. The van der Waals surface area contributed by atoms with Crippen molar-refractivity contribution in [3.8, 4) is 11.8 Å². The molecule has 2 heterocycles. The molecule has 33 heavy (non-hydrogen) atoms. The predicted molar refractivity (Wildman–Crippen MR) is 118 cm³/mol. The third kappa shape index (κ3) is 4.84. The van der Waals surface area contributed by atoms with E-state index in [9.17, 15) is 18.0 Å². The van der Waals surface area contributed by atoms with Gasteiger partial charge in [-0.3, -0.25) is 9.79 Å². The Bertz CT molecular complexity index is 1130. The molecular weight excluding hydrogens is 435 g/mol. The molecule has 0 unspecified atom stereocenters.